The van der Waals surface area contributed by atoms with Crippen molar-refractivity contribution in [3.8, 4) is 0 Å². The molecule has 6 heteroatoms. The van der Waals surface area contributed by atoms with Crippen LogP contribution in [0, 0.1) is 5.92 Å². The average molecular weight is 342 g/mol. The van der Waals surface area contributed by atoms with E-state index in [0.29, 0.717) is 5.92 Å². The number of carbonyl (C=O) groups excluding carboxylic acids is 1. The van der Waals surface area contributed by atoms with Crippen molar-refractivity contribution >= 4 is 16.9 Å². The predicted octanol–water partition coefficient (Wildman–Crippen LogP) is 2.39. The summed E-state index contributed by atoms with van der Waals surface area (Å²) in [5.74, 6) is 0.537. The molecule has 2 aromatic heterocycles. The second kappa shape index (κ2) is 6.75. The fourth-order valence-corrected chi connectivity index (χ4v) is 4.57. The summed E-state index contributed by atoms with van der Waals surface area (Å²) in [6, 6.07) is 0. The van der Waals surface area contributed by atoms with Gasteiger partial charge in [0, 0.05) is 31.5 Å². The summed E-state index contributed by atoms with van der Waals surface area (Å²) >= 11 is 0. The lowest BCUT2D eigenvalue weighted by Crippen LogP contribution is -2.50. The number of rotatable bonds is 3. The number of pyridine rings is 1. The maximum absolute atomic E-state index is 13.6. The fraction of sp³-hybridized carbons (Fsp3) is 0.632. The molecule has 2 aliphatic rings. The molecule has 25 heavy (non-hydrogen) atoms. The number of imidazole rings is 1. The quantitative estimate of drug-likeness (QED) is 0.897. The molecule has 2 N–H and O–H groups in total. The van der Waals surface area contributed by atoms with Gasteiger partial charge in [0.1, 0.15) is 0 Å². The fourth-order valence-electron chi connectivity index (χ4n) is 4.57. The van der Waals surface area contributed by atoms with E-state index in [-0.39, 0.29) is 12.5 Å². The van der Waals surface area contributed by atoms with Crippen LogP contribution >= 0.6 is 0 Å². The van der Waals surface area contributed by atoms with Gasteiger partial charge in [-0.25, -0.2) is 4.98 Å². The molecule has 0 unspecified atom stereocenters. The molecule has 2 fully saturated rings. The van der Waals surface area contributed by atoms with E-state index in [1.54, 1.807) is 12.5 Å². The SMILES string of the molecule is O=C(N1CCCCC1)C1(c2cncc3[nH]cnc23)CCC(CO)CC1. The van der Waals surface area contributed by atoms with Crippen LogP contribution in [-0.2, 0) is 10.2 Å². The monoisotopic (exact) mass is 342 g/mol. The molecule has 4 rings (SSSR count). The molecule has 1 aliphatic heterocycles. The van der Waals surface area contributed by atoms with Crippen LogP contribution in [0.3, 0.4) is 0 Å². The van der Waals surface area contributed by atoms with Crippen molar-refractivity contribution in [1.82, 2.24) is 19.9 Å². The molecule has 1 amide bonds. The van der Waals surface area contributed by atoms with E-state index in [9.17, 15) is 9.90 Å². The smallest absolute Gasteiger partial charge is 0.233 e. The number of nitrogens with one attached hydrogen (secondary N) is 1. The second-order valence-corrected chi connectivity index (χ2v) is 7.55. The molecule has 0 radical (unpaired) electrons. The van der Waals surface area contributed by atoms with Gasteiger partial charge in [-0.3, -0.25) is 9.78 Å². The minimum absolute atomic E-state index is 0.207. The van der Waals surface area contributed by atoms with E-state index in [1.807, 2.05) is 11.1 Å². The number of aliphatic hydroxyl groups is 1. The van der Waals surface area contributed by atoms with E-state index in [2.05, 4.69) is 15.0 Å². The van der Waals surface area contributed by atoms with Gasteiger partial charge in [0.05, 0.1) is 29.0 Å². The first-order chi connectivity index (χ1) is 12.2. The van der Waals surface area contributed by atoms with Gasteiger partial charge in [-0.1, -0.05) is 0 Å². The van der Waals surface area contributed by atoms with Crippen molar-refractivity contribution in [2.75, 3.05) is 19.7 Å². The summed E-state index contributed by atoms with van der Waals surface area (Å²) in [6.45, 7) is 1.92. The van der Waals surface area contributed by atoms with Gasteiger partial charge in [0.25, 0.3) is 0 Å². The first-order valence-corrected chi connectivity index (χ1v) is 9.42. The number of hydrogen-bond acceptors (Lipinski definition) is 4. The maximum atomic E-state index is 13.6. The zero-order valence-electron chi connectivity index (χ0n) is 14.6. The number of H-pyrrole nitrogens is 1. The lowest BCUT2D eigenvalue weighted by Gasteiger charge is -2.43. The Hall–Kier alpha value is -1.95. The lowest BCUT2D eigenvalue weighted by molar-refractivity contribution is -0.140. The third kappa shape index (κ3) is 2.82. The van der Waals surface area contributed by atoms with E-state index >= 15 is 0 Å². The number of aliphatic hydroxyl groups excluding tert-OH is 1. The summed E-state index contributed by atoms with van der Waals surface area (Å²) in [4.78, 5) is 27.7. The number of piperidine rings is 1. The van der Waals surface area contributed by atoms with E-state index in [1.165, 1.54) is 6.42 Å². The Morgan fingerprint density at radius 1 is 1.24 bits per heavy atom. The second-order valence-electron chi connectivity index (χ2n) is 7.55. The number of aromatic nitrogens is 3. The van der Waals surface area contributed by atoms with Crippen LogP contribution in [0.25, 0.3) is 11.0 Å². The highest BCUT2D eigenvalue weighted by atomic mass is 16.3. The van der Waals surface area contributed by atoms with Gasteiger partial charge in [-0.05, 0) is 50.9 Å². The van der Waals surface area contributed by atoms with Crippen LogP contribution in [0.4, 0.5) is 0 Å². The summed E-state index contributed by atoms with van der Waals surface area (Å²) in [5, 5.41) is 9.53. The van der Waals surface area contributed by atoms with Crippen LogP contribution < -0.4 is 0 Å². The van der Waals surface area contributed by atoms with E-state index in [0.717, 1.165) is 68.2 Å². The molecule has 2 aromatic rings. The third-order valence-electron chi connectivity index (χ3n) is 6.12. The third-order valence-corrected chi connectivity index (χ3v) is 6.12. The number of likely N-dealkylation sites (tertiary alicyclic amines) is 1. The number of hydrogen-bond donors (Lipinski definition) is 2. The van der Waals surface area contributed by atoms with Gasteiger partial charge in [0.15, 0.2) is 0 Å². The van der Waals surface area contributed by atoms with Gasteiger partial charge in [0.2, 0.25) is 5.91 Å². The molecule has 1 saturated heterocycles. The van der Waals surface area contributed by atoms with Crippen LogP contribution in [-0.4, -0.2) is 50.6 Å². The Balaban J connectivity index is 1.76. The first-order valence-electron chi connectivity index (χ1n) is 9.42. The number of fused-ring (bicyclic) bond motifs is 1. The van der Waals surface area contributed by atoms with Gasteiger partial charge in [-0.2, -0.15) is 0 Å². The summed E-state index contributed by atoms with van der Waals surface area (Å²) in [6.07, 6.45) is 11.9. The summed E-state index contributed by atoms with van der Waals surface area (Å²) in [5.41, 5.74) is 2.15. The highest BCUT2D eigenvalue weighted by Crippen LogP contribution is 2.44. The van der Waals surface area contributed by atoms with Crippen molar-refractivity contribution in [1.29, 1.82) is 0 Å². The number of carbonyl (C=O) groups is 1. The summed E-state index contributed by atoms with van der Waals surface area (Å²) in [7, 11) is 0. The molecule has 0 spiro atoms. The van der Waals surface area contributed by atoms with Crippen molar-refractivity contribution in [3.63, 3.8) is 0 Å². The van der Waals surface area contributed by atoms with Gasteiger partial charge in [-0.15, -0.1) is 0 Å². The Morgan fingerprint density at radius 2 is 2.00 bits per heavy atom. The molecule has 1 saturated carbocycles. The zero-order valence-corrected chi connectivity index (χ0v) is 14.6. The highest BCUT2D eigenvalue weighted by molar-refractivity contribution is 5.93. The van der Waals surface area contributed by atoms with E-state index < -0.39 is 5.41 Å². The first kappa shape index (κ1) is 16.5. The number of aromatic amines is 1. The lowest BCUT2D eigenvalue weighted by atomic mass is 9.65. The van der Waals surface area contributed by atoms with Crippen molar-refractivity contribution in [3.05, 3.63) is 24.3 Å². The van der Waals surface area contributed by atoms with Crippen LogP contribution in [0.2, 0.25) is 0 Å². The molecule has 0 bridgehead atoms. The average Bonchev–Trinajstić information content (AvgIpc) is 3.17. The molecule has 1 aliphatic carbocycles. The van der Waals surface area contributed by atoms with Crippen LogP contribution in [0.5, 0.6) is 0 Å². The number of nitrogens with zero attached hydrogens (tertiary/aromatic N) is 3. The highest BCUT2D eigenvalue weighted by Gasteiger charge is 2.46. The molecule has 6 nitrogen and oxygen atoms in total. The van der Waals surface area contributed by atoms with Gasteiger partial charge < -0.3 is 15.0 Å². The van der Waals surface area contributed by atoms with Crippen molar-refractivity contribution in [2.24, 2.45) is 5.92 Å². The molecule has 0 aromatic carbocycles. The van der Waals surface area contributed by atoms with Gasteiger partial charge >= 0.3 is 0 Å². The largest absolute Gasteiger partial charge is 0.396 e. The minimum Gasteiger partial charge on any atom is -0.396 e. The molecule has 3 heterocycles. The number of amides is 1. The standard InChI is InChI=1S/C19H26N4O2/c24-12-14-4-6-19(7-5-14,18(25)23-8-2-1-3-9-23)15-10-20-11-16-17(15)22-13-21-16/h10-11,13-14,24H,1-9,12H2,(H,21,22). The van der Waals surface area contributed by atoms with Crippen molar-refractivity contribution < 1.29 is 9.90 Å². The Morgan fingerprint density at radius 3 is 2.72 bits per heavy atom. The topological polar surface area (TPSA) is 82.1 Å². The Kier molecular flexibility index (Phi) is 4.46. The molecule has 0 atom stereocenters. The minimum atomic E-state index is -0.551. The Labute approximate surface area is 147 Å². The molecule has 134 valence electrons. The maximum Gasteiger partial charge on any atom is 0.233 e. The van der Waals surface area contributed by atoms with E-state index in [4.69, 9.17) is 0 Å². The summed E-state index contributed by atoms with van der Waals surface area (Å²) < 4.78 is 0. The van der Waals surface area contributed by atoms with Crippen molar-refractivity contribution in [2.45, 2.75) is 50.4 Å². The molecular weight excluding hydrogens is 316 g/mol. The van der Waals surface area contributed by atoms with Crippen LogP contribution in [0.15, 0.2) is 18.7 Å². The molecular formula is C19H26N4O2. The Bertz CT molecular complexity index is 743. The zero-order chi connectivity index (χ0) is 17.3. The van der Waals surface area contributed by atoms with Crippen LogP contribution in [0.1, 0.15) is 50.5 Å². The normalized spacial score (nSPS) is 27.6. The predicted molar refractivity (Wildman–Crippen MR) is 95.0 cm³/mol.